The van der Waals surface area contributed by atoms with Crippen LogP contribution in [-0.4, -0.2) is 27.8 Å². The van der Waals surface area contributed by atoms with Crippen LogP contribution in [0, 0.1) is 5.82 Å². The maximum absolute atomic E-state index is 13.4. The van der Waals surface area contributed by atoms with E-state index < -0.39 is 0 Å². The predicted octanol–water partition coefficient (Wildman–Crippen LogP) is 4.37. The van der Waals surface area contributed by atoms with Crippen molar-refractivity contribution in [2.75, 3.05) is 7.11 Å². The van der Waals surface area contributed by atoms with E-state index in [2.05, 4.69) is 28.4 Å². The molecule has 0 spiro atoms. The second kappa shape index (κ2) is 8.62. The van der Waals surface area contributed by atoms with Crippen molar-refractivity contribution in [3.63, 3.8) is 0 Å². The van der Waals surface area contributed by atoms with Gasteiger partial charge in [-0.15, -0.1) is 0 Å². The van der Waals surface area contributed by atoms with Gasteiger partial charge in [-0.1, -0.05) is 29.9 Å². The molecule has 8 heteroatoms. The van der Waals surface area contributed by atoms with Crippen LogP contribution in [0.25, 0.3) is 17.3 Å². The summed E-state index contributed by atoms with van der Waals surface area (Å²) < 4.78 is 20.2. The van der Waals surface area contributed by atoms with Gasteiger partial charge in [-0.25, -0.2) is 14.1 Å². The summed E-state index contributed by atoms with van der Waals surface area (Å²) in [6.07, 6.45) is 8.94. The smallest absolute Gasteiger partial charge is 0.273 e. The minimum Gasteiger partial charge on any atom is -0.473 e. The van der Waals surface area contributed by atoms with E-state index in [1.54, 1.807) is 36.3 Å². The number of fused-ring (bicyclic) bond motifs is 1. The zero-order valence-corrected chi connectivity index (χ0v) is 17.5. The Morgan fingerprint density at radius 2 is 2.10 bits per heavy atom. The number of carbonyl (C=O) groups is 1. The largest absolute Gasteiger partial charge is 0.473 e. The Morgan fingerprint density at radius 1 is 1.30 bits per heavy atom. The first kappa shape index (κ1) is 20.0. The Hall–Kier alpha value is -3.26. The quantitative estimate of drug-likeness (QED) is 0.638. The number of methoxy groups -OCH3 is 1. The van der Waals surface area contributed by atoms with Gasteiger partial charge in [-0.2, -0.15) is 5.10 Å². The van der Waals surface area contributed by atoms with Crippen molar-refractivity contribution >= 4 is 28.9 Å². The first-order chi connectivity index (χ1) is 14.6. The molecule has 1 aromatic carbocycles. The Balaban J connectivity index is 1.63. The fraction of sp³-hybridized carbons (Fsp3) is 0.227. The normalized spacial score (nSPS) is 13.2. The van der Waals surface area contributed by atoms with Crippen LogP contribution in [0.3, 0.4) is 0 Å². The van der Waals surface area contributed by atoms with E-state index in [0.717, 1.165) is 28.2 Å². The number of thiazole rings is 1. The highest BCUT2D eigenvalue weighted by Crippen LogP contribution is 2.30. The van der Waals surface area contributed by atoms with E-state index in [1.165, 1.54) is 29.0 Å². The summed E-state index contributed by atoms with van der Waals surface area (Å²) in [6, 6.07) is 6.15. The molecule has 2 heterocycles. The standard InChI is InChI=1S/C22H21FN4O2S/c1-3-14-4-9-18(21(28)24-11-17-12-25-22(29-2)30-17)19-13-26-27(20(19)10-14)16-7-5-15(23)6-8-16/h5-10,12-13H,3-4,11H2,1-2H3,(H,24,28). The number of hydrogen-bond donors (Lipinski definition) is 1. The van der Waals surface area contributed by atoms with Crippen molar-refractivity contribution in [1.29, 1.82) is 0 Å². The summed E-state index contributed by atoms with van der Waals surface area (Å²) in [5, 5.41) is 8.00. The number of rotatable bonds is 6. The van der Waals surface area contributed by atoms with Crippen molar-refractivity contribution < 1.29 is 13.9 Å². The molecular formula is C22H21FN4O2S. The van der Waals surface area contributed by atoms with Crippen LogP contribution in [0.15, 0.2) is 48.3 Å². The molecule has 4 rings (SSSR count). The summed E-state index contributed by atoms with van der Waals surface area (Å²) in [6.45, 7) is 2.45. The number of nitrogens with zero attached hydrogens (tertiary/aromatic N) is 3. The summed E-state index contributed by atoms with van der Waals surface area (Å²) in [7, 11) is 1.57. The highest BCUT2D eigenvalue weighted by atomic mass is 32.1. The topological polar surface area (TPSA) is 69.0 Å². The van der Waals surface area contributed by atoms with Gasteiger partial charge in [0, 0.05) is 22.2 Å². The zero-order chi connectivity index (χ0) is 21.1. The molecule has 0 unspecified atom stereocenters. The molecule has 0 bridgehead atoms. The van der Waals surface area contributed by atoms with Crippen LogP contribution < -0.4 is 10.1 Å². The van der Waals surface area contributed by atoms with Gasteiger partial charge in [0.15, 0.2) is 0 Å². The summed E-state index contributed by atoms with van der Waals surface area (Å²) >= 11 is 1.39. The third-order valence-electron chi connectivity index (χ3n) is 4.91. The van der Waals surface area contributed by atoms with Crippen LogP contribution in [-0.2, 0) is 11.3 Å². The van der Waals surface area contributed by atoms with Crippen molar-refractivity contribution in [1.82, 2.24) is 20.1 Å². The van der Waals surface area contributed by atoms with Gasteiger partial charge in [0.1, 0.15) is 5.82 Å². The van der Waals surface area contributed by atoms with Crippen molar-refractivity contribution in [2.45, 2.75) is 26.3 Å². The monoisotopic (exact) mass is 424 g/mol. The van der Waals surface area contributed by atoms with E-state index in [9.17, 15) is 9.18 Å². The number of nitrogens with one attached hydrogen (secondary N) is 1. The van der Waals surface area contributed by atoms with Crippen LogP contribution in [0.1, 0.15) is 35.9 Å². The van der Waals surface area contributed by atoms with Gasteiger partial charge < -0.3 is 10.1 Å². The molecule has 1 N–H and O–H groups in total. The highest BCUT2D eigenvalue weighted by molar-refractivity contribution is 7.13. The average Bonchev–Trinajstić information content (AvgIpc) is 3.35. The molecule has 2 aromatic heterocycles. The van der Waals surface area contributed by atoms with Crippen LogP contribution in [0.2, 0.25) is 0 Å². The molecule has 3 aromatic rings. The van der Waals surface area contributed by atoms with Crippen molar-refractivity contribution in [3.05, 3.63) is 70.3 Å². The molecule has 0 radical (unpaired) electrons. The molecule has 0 aliphatic heterocycles. The van der Waals surface area contributed by atoms with Gasteiger partial charge >= 0.3 is 0 Å². The predicted molar refractivity (Wildman–Crippen MR) is 115 cm³/mol. The van der Waals surface area contributed by atoms with Crippen molar-refractivity contribution in [2.24, 2.45) is 0 Å². The summed E-state index contributed by atoms with van der Waals surface area (Å²) in [5.41, 5.74) is 4.08. The van der Waals surface area contributed by atoms with Crippen molar-refractivity contribution in [3.8, 4) is 10.9 Å². The maximum Gasteiger partial charge on any atom is 0.273 e. The number of amides is 1. The number of aromatic nitrogens is 3. The number of benzene rings is 1. The lowest BCUT2D eigenvalue weighted by Crippen LogP contribution is -2.23. The molecule has 1 aliphatic rings. The Morgan fingerprint density at radius 3 is 2.80 bits per heavy atom. The first-order valence-electron chi connectivity index (χ1n) is 9.60. The maximum atomic E-state index is 13.4. The summed E-state index contributed by atoms with van der Waals surface area (Å²) in [4.78, 5) is 18.0. The van der Waals surface area contributed by atoms with Gasteiger partial charge in [0.25, 0.3) is 11.1 Å². The van der Waals surface area contributed by atoms with E-state index in [0.29, 0.717) is 23.7 Å². The number of ether oxygens (including phenoxy) is 1. The summed E-state index contributed by atoms with van der Waals surface area (Å²) in [5.74, 6) is -0.477. The lowest BCUT2D eigenvalue weighted by molar-refractivity contribution is -0.115. The molecule has 0 fully saturated rings. The Labute approximate surface area is 177 Å². The Kier molecular flexibility index (Phi) is 5.76. The second-order valence-electron chi connectivity index (χ2n) is 6.79. The minimum atomic E-state index is -0.304. The SMILES string of the molecule is CCC1=Cc2c(cnn2-c2ccc(F)cc2)C(C(=O)NCc2cnc(OC)s2)=CC1. The molecule has 0 atom stereocenters. The lowest BCUT2D eigenvalue weighted by Gasteiger charge is -2.09. The van der Waals surface area contributed by atoms with Gasteiger partial charge in [-0.05, 0) is 43.2 Å². The van der Waals surface area contributed by atoms with Crippen LogP contribution >= 0.6 is 11.3 Å². The number of halogens is 1. The zero-order valence-electron chi connectivity index (χ0n) is 16.7. The molecule has 1 aliphatic carbocycles. The third-order valence-corrected chi connectivity index (χ3v) is 5.86. The molecule has 6 nitrogen and oxygen atoms in total. The number of carbonyl (C=O) groups excluding carboxylic acids is 1. The van der Waals surface area contributed by atoms with Gasteiger partial charge in [-0.3, -0.25) is 4.79 Å². The van der Waals surface area contributed by atoms with E-state index in [-0.39, 0.29) is 11.7 Å². The lowest BCUT2D eigenvalue weighted by atomic mass is 10.1. The molecule has 1 amide bonds. The van der Waals surface area contributed by atoms with Crippen LogP contribution in [0.4, 0.5) is 4.39 Å². The fourth-order valence-corrected chi connectivity index (χ4v) is 3.94. The first-order valence-corrected chi connectivity index (χ1v) is 10.4. The molecule has 0 saturated heterocycles. The third kappa shape index (κ3) is 4.04. The average molecular weight is 425 g/mol. The molecule has 0 saturated carbocycles. The molecule has 154 valence electrons. The van der Waals surface area contributed by atoms with E-state index in [1.807, 2.05) is 6.08 Å². The van der Waals surface area contributed by atoms with E-state index in [4.69, 9.17) is 4.74 Å². The van der Waals surface area contributed by atoms with Gasteiger partial charge in [0.2, 0.25) is 0 Å². The van der Waals surface area contributed by atoms with E-state index >= 15 is 0 Å². The Bertz CT molecular complexity index is 1130. The fourth-order valence-electron chi connectivity index (χ4n) is 3.28. The minimum absolute atomic E-state index is 0.173. The number of allylic oxidation sites excluding steroid dienone is 2. The second-order valence-corrected chi connectivity index (χ2v) is 7.87. The van der Waals surface area contributed by atoms with Gasteiger partial charge in [0.05, 0.1) is 31.2 Å². The molecular weight excluding hydrogens is 403 g/mol. The highest BCUT2D eigenvalue weighted by Gasteiger charge is 2.22. The number of hydrogen-bond acceptors (Lipinski definition) is 5. The molecule has 30 heavy (non-hydrogen) atoms. The van der Waals surface area contributed by atoms with Crippen LogP contribution in [0.5, 0.6) is 5.19 Å².